The van der Waals surface area contributed by atoms with Crippen LogP contribution >= 0.6 is 11.3 Å². The molecule has 0 bridgehead atoms. The van der Waals surface area contributed by atoms with Gasteiger partial charge >= 0.3 is 18.1 Å². The van der Waals surface area contributed by atoms with Gasteiger partial charge in [-0.1, -0.05) is 30.3 Å². The molecular weight excluding hydrogens is 493 g/mol. The van der Waals surface area contributed by atoms with Crippen molar-refractivity contribution in [1.82, 2.24) is 9.71 Å². The van der Waals surface area contributed by atoms with Crippen LogP contribution in [0.4, 0.5) is 28.7 Å². The van der Waals surface area contributed by atoms with Gasteiger partial charge in [-0.2, -0.15) is 13.2 Å². The lowest BCUT2D eigenvalue weighted by Crippen LogP contribution is -2.41. The number of amides is 3. The summed E-state index contributed by atoms with van der Waals surface area (Å²) < 4.78 is 65.3. The third-order valence-corrected chi connectivity index (χ3v) is 6.73. The number of aryl methyl sites for hydroxylation is 1. The van der Waals surface area contributed by atoms with Gasteiger partial charge in [0, 0.05) is 17.8 Å². The predicted octanol–water partition coefficient (Wildman–Crippen LogP) is 4.54. The highest BCUT2D eigenvalue weighted by Gasteiger charge is 2.42. The third-order valence-electron chi connectivity index (χ3n) is 4.50. The summed E-state index contributed by atoms with van der Waals surface area (Å²) in [7, 11) is -4.35. The molecule has 13 heteroatoms. The molecule has 34 heavy (non-hydrogen) atoms. The smallest absolute Gasteiger partial charge is 0.305 e. The van der Waals surface area contributed by atoms with E-state index in [1.54, 1.807) is 31.2 Å². The molecule has 0 spiro atoms. The Morgan fingerprint density at radius 3 is 2.24 bits per heavy atom. The first-order valence-electron chi connectivity index (χ1n) is 9.77. The third kappa shape index (κ3) is 5.72. The van der Waals surface area contributed by atoms with Crippen LogP contribution in [0.1, 0.15) is 11.9 Å². The highest BCUT2D eigenvalue weighted by molar-refractivity contribution is 7.90. The zero-order chi connectivity index (χ0) is 25.1. The van der Waals surface area contributed by atoms with E-state index < -0.39 is 28.1 Å². The Hall–Kier alpha value is -3.45. The van der Waals surface area contributed by atoms with Gasteiger partial charge in [0.25, 0.3) is 10.0 Å². The second-order valence-electron chi connectivity index (χ2n) is 6.88. The van der Waals surface area contributed by atoms with Gasteiger partial charge in [0.05, 0.1) is 9.90 Å². The maximum absolute atomic E-state index is 12.8. The number of nitrogens with one attached hydrogen (secondary N) is 2. The molecule has 3 rings (SSSR count). The summed E-state index contributed by atoms with van der Waals surface area (Å²) in [5.74, 6) is -2.07. The van der Waals surface area contributed by atoms with Gasteiger partial charge in [0.1, 0.15) is 10.7 Å². The molecule has 2 N–H and O–H groups in total. The van der Waals surface area contributed by atoms with Gasteiger partial charge in [0.2, 0.25) is 0 Å². The van der Waals surface area contributed by atoms with Crippen LogP contribution in [0.3, 0.4) is 0 Å². The number of hydrogen-bond donors (Lipinski definition) is 2. The van der Waals surface area contributed by atoms with Crippen molar-refractivity contribution in [3.63, 3.8) is 0 Å². The van der Waals surface area contributed by atoms with Crippen LogP contribution in [0.2, 0.25) is 0 Å². The average Bonchev–Trinajstić information content (AvgIpc) is 3.14. The minimum atomic E-state index is -5.08. The molecule has 0 radical (unpaired) electrons. The lowest BCUT2D eigenvalue weighted by Gasteiger charge is -2.22. The van der Waals surface area contributed by atoms with Crippen LogP contribution in [0.15, 0.2) is 59.5 Å². The zero-order valence-corrected chi connectivity index (χ0v) is 19.5. The SMILES string of the molecule is CCN(C(=O)C(F)(F)F)c1ccc(S(=O)(=O)NC(=O)Nc2sc(C)nc2-c2ccccc2)cc1. The van der Waals surface area contributed by atoms with Crippen LogP contribution in [0.25, 0.3) is 11.3 Å². The number of thiazole rings is 1. The normalized spacial score (nSPS) is 11.7. The molecule has 180 valence electrons. The van der Waals surface area contributed by atoms with Gasteiger partial charge < -0.3 is 4.90 Å². The maximum atomic E-state index is 12.8. The number of benzene rings is 2. The second kappa shape index (κ2) is 9.81. The topological polar surface area (TPSA) is 108 Å². The summed E-state index contributed by atoms with van der Waals surface area (Å²) in [6, 6.07) is 12.1. The first-order valence-corrected chi connectivity index (χ1v) is 12.1. The molecule has 8 nitrogen and oxygen atoms in total. The van der Waals surface area contributed by atoms with E-state index >= 15 is 0 Å². The monoisotopic (exact) mass is 512 g/mol. The van der Waals surface area contributed by atoms with E-state index in [4.69, 9.17) is 0 Å². The number of urea groups is 1. The fraction of sp³-hybridized carbons (Fsp3) is 0.190. The number of sulfonamides is 1. The lowest BCUT2D eigenvalue weighted by atomic mass is 10.2. The van der Waals surface area contributed by atoms with Crippen molar-refractivity contribution in [2.24, 2.45) is 0 Å². The van der Waals surface area contributed by atoms with Crippen molar-refractivity contribution in [2.45, 2.75) is 24.9 Å². The van der Waals surface area contributed by atoms with Gasteiger partial charge in [-0.25, -0.2) is 22.9 Å². The fourth-order valence-corrected chi connectivity index (χ4v) is 4.76. The van der Waals surface area contributed by atoms with Crippen LogP contribution in [0, 0.1) is 6.92 Å². The maximum Gasteiger partial charge on any atom is 0.471 e. The highest BCUT2D eigenvalue weighted by atomic mass is 32.2. The summed E-state index contributed by atoms with van der Waals surface area (Å²) in [6.07, 6.45) is -5.08. The first kappa shape index (κ1) is 25.2. The summed E-state index contributed by atoms with van der Waals surface area (Å²) in [5.41, 5.74) is 1.07. The number of rotatable bonds is 6. The molecule has 0 saturated heterocycles. The Balaban J connectivity index is 1.76. The van der Waals surface area contributed by atoms with Gasteiger partial charge in [-0.3, -0.25) is 10.1 Å². The van der Waals surface area contributed by atoms with Crippen molar-refractivity contribution < 1.29 is 31.2 Å². The van der Waals surface area contributed by atoms with Crippen LogP contribution in [-0.4, -0.2) is 38.1 Å². The van der Waals surface area contributed by atoms with Crippen LogP contribution < -0.4 is 14.9 Å². The van der Waals surface area contributed by atoms with E-state index in [0.717, 1.165) is 41.2 Å². The fourth-order valence-electron chi connectivity index (χ4n) is 3.01. The molecule has 1 heterocycles. The van der Waals surface area contributed by atoms with E-state index in [2.05, 4.69) is 10.3 Å². The first-order chi connectivity index (χ1) is 15.9. The quantitative estimate of drug-likeness (QED) is 0.504. The molecule has 2 aromatic carbocycles. The number of alkyl halides is 3. The van der Waals surface area contributed by atoms with Crippen molar-refractivity contribution in [2.75, 3.05) is 16.8 Å². The van der Waals surface area contributed by atoms with Gasteiger partial charge in [0.15, 0.2) is 0 Å². The zero-order valence-electron chi connectivity index (χ0n) is 17.9. The van der Waals surface area contributed by atoms with Crippen molar-refractivity contribution >= 4 is 44.0 Å². The summed E-state index contributed by atoms with van der Waals surface area (Å²) in [4.78, 5) is 28.4. The molecule has 0 aliphatic heterocycles. The Labute approximate surface area is 197 Å². The largest absolute Gasteiger partial charge is 0.471 e. The van der Waals surface area contributed by atoms with Crippen LogP contribution in [-0.2, 0) is 14.8 Å². The highest BCUT2D eigenvalue weighted by Crippen LogP contribution is 2.33. The van der Waals surface area contributed by atoms with Crippen molar-refractivity contribution in [3.05, 3.63) is 59.6 Å². The number of aromatic nitrogens is 1. The Bertz CT molecular complexity index is 1290. The number of hydrogen-bond acceptors (Lipinski definition) is 6. The van der Waals surface area contributed by atoms with E-state index in [1.165, 1.54) is 6.92 Å². The average molecular weight is 513 g/mol. The molecule has 0 fully saturated rings. The van der Waals surface area contributed by atoms with Crippen molar-refractivity contribution in [1.29, 1.82) is 0 Å². The Morgan fingerprint density at radius 1 is 1.06 bits per heavy atom. The summed E-state index contributed by atoms with van der Waals surface area (Å²) in [6.45, 7) is 2.82. The van der Waals surface area contributed by atoms with E-state index in [0.29, 0.717) is 20.6 Å². The van der Waals surface area contributed by atoms with Crippen molar-refractivity contribution in [3.8, 4) is 11.3 Å². The van der Waals surface area contributed by atoms with E-state index in [9.17, 15) is 31.2 Å². The molecule has 3 aromatic rings. The minimum absolute atomic E-state index is 0.138. The summed E-state index contributed by atoms with van der Waals surface area (Å²) >= 11 is 1.16. The predicted molar refractivity (Wildman–Crippen MR) is 122 cm³/mol. The molecule has 0 saturated carbocycles. The number of nitrogens with zero attached hydrogens (tertiary/aromatic N) is 2. The van der Waals surface area contributed by atoms with Gasteiger partial charge in [-0.05, 0) is 38.1 Å². The second-order valence-corrected chi connectivity index (χ2v) is 9.76. The number of carbonyl (C=O) groups excluding carboxylic acids is 2. The molecule has 0 unspecified atom stereocenters. The van der Waals surface area contributed by atoms with Crippen LogP contribution in [0.5, 0.6) is 0 Å². The van der Waals surface area contributed by atoms with E-state index in [1.807, 2.05) is 10.8 Å². The molecule has 3 amide bonds. The molecule has 0 aliphatic carbocycles. The summed E-state index contributed by atoms with van der Waals surface area (Å²) in [5, 5.41) is 3.47. The molecule has 0 atom stereocenters. The van der Waals surface area contributed by atoms with Gasteiger partial charge in [-0.15, -0.1) is 11.3 Å². The van der Waals surface area contributed by atoms with E-state index in [-0.39, 0.29) is 17.1 Å². The number of anilines is 2. The minimum Gasteiger partial charge on any atom is -0.305 e. The lowest BCUT2D eigenvalue weighted by molar-refractivity contribution is -0.170. The molecular formula is C21H19F3N4O4S2. The Kier molecular flexibility index (Phi) is 7.26. The number of halogens is 3. The number of carbonyl (C=O) groups is 2. The molecule has 1 aromatic heterocycles. The standard InChI is InChI=1S/C21H19F3N4O4S2/c1-3-28(19(29)21(22,23)24)15-9-11-16(12-10-15)34(31,32)27-20(30)26-18-17(25-13(2)33-18)14-7-5-4-6-8-14/h4-12H,3H2,1-2H3,(H2,26,27,30). The Morgan fingerprint density at radius 2 is 1.68 bits per heavy atom. The molecule has 0 aliphatic rings.